The summed E-state index contributed by atoms with van der Waals surface area (Å²) in [5.74, 6) is -0.112. The molecule has 0 aliphatic heterocycles. The van der Waals surface area contributed by atoms with Gasteiger partial charge in [-0.3, -0.25) is 14.5 Å². The highest BCUT2D eigenvalue weighted by Gasteiger charge is 2.09. The Balaban J connectivity index is 1.93. The zero-order valence-electron chi connectivity index (χ0n) is 13.8. The van der Waals surface area contributed by atoms with Crippen LogP contribution in [-0.2, 0) is 11.3 Å². The Morgan fingerprint density at radius 2 is 1.83 bits per heavy atom. The molecule has 1 amide bonds. The summed E-state index contributed by atoms with van der Waals surface area (Å²) in [7, 11) is 1.91. The molecule has 2 rings (SSSR count). The maximum absolute atomic E-state index is 12.1. The zero-order chi connectivity index (χ0) is 16.8. The van der Waals surface area contributed by atoms with Crippen LogP contribution in [0.5, 0.6) is 0 Å². The Kier molecular flexibility index (Phi) is 5.66. The van der Waals surface area contributed by atoms with Gasteiger partial charge in [0.25, 0.3) is 0 Å². The molecule has 4 nitrogen and oxygen atoms in total. The standard InChI is InChI=1S/C19H22N2O2/c1-14-7-4-5-8-17(14)12-21(3)13-19(23)20-18-10-6-9-16(11-18)15(2)22/h4-11H,12-13H2,1-3H3,(H,20,23). The largest absolute Gasteiger partial charge is 0.325 e. The van der Waals surface area contributed by atoms with E-state index >= 15 is 0 Å². The number of nitrogens with zero attached hydrogens (tertiary/aromatic N) is 1. The van der Waals surface area contributed by atoms with Crippen molar-refractivity contribution in [3.8, 4) is 0 Å². The molecule has 0 fully saturated rings. The van der Waals surface area contributed by atoms with Crippen molar-refractivity contribution in [2.24, 2.45) is 0 Å². The summed E-state index contributed by atoms with van der Waals surface area (Å²) in [6, 6.07) is 15.1. The lowest BCUT2D eigenvalue weighted by atomic mass is 10.1. The summed E-state index contributed by atoms with van der Waals surface area (Å²) in [5.41, 5.74) is 3.67. The Morgan fingerprint density at radius 3 is 2.52 bits per heavy atom. The lowest BCUT2D eigenvalue weighted by molar-refractivity contribution is -0.117. The second-order valence-corrected chi connectivity index (χ2v) is 5.78. The van der Waals surface area contributed by atoms with E-state index in [0.717, 1.165) is 0 Å². The van der Waals surface area contributed by atoms with Crippen LogP contribution in [0.4, 0.5) is 5.69 Å². The smallest absolute Gasteiger partial charge is 0.238 e. The number of hydrogen-bond acceptors (Lipinski definition) is 3. The molecule has 23 heavy (non-hydrogen) atoms. The first-order chi connectivity index (χ1) is 11.0. The summed E-state index contributed by atoms with van der Waals surface area (Å²) in [4.78, 5) is 25.5. The summed E-state index contributed by atoms with van der Waals surface area (Å²) >= 11 is 0. The van der Waals surface area contributed by atoms with Crippen molar-refractivity contribution in [3.05, 3.63) is 65.2 Å². The minimum atomic E-state index is -0.0956. The number of aryl methyl sites for hydroxylation is 1. The lowest BCUT2D eigenvalue weighted by Gasteiger charge is -2.17. The summed E-state index contributed by atoms with van der Waals surface area (Å²) < 4.78 is 0. The molecule has 4 heteroatoms. The van der Waals surface area contributed by atoms with Crippen molar-refractivity contribution in [2.45, 2.75) is 20.4 Å². The van der Waals surface area contributed by atoms with Gasteiger partial charge in [-0.25, -0.2) is 0 Å². The molecule has 2 aromatic rings. The van der Waals surface area contributed by atoms with Crippen molar-refractivity contribution in [1.82, 2.24) is 4.90 Å². The molecule has 0 atom stereocenters. The van der Waals surface area contributed by atoms with E-state index in [2.05, 4.69) is 24.4 Å². The molecule has 0 bridgehead atoms. The highest BCUT2D eigenvalue weighted by atomic mass is 16.2. The van der Waals surface area contributed by atoms with Gasteiger partial charge in [0.15, 0.2) is 5.78 Å². The third kappa shape index (κ3) is 5.04. The van der Waals surface area contributed by atoms with Gasteiger partial charge >= 0.3 is 0 Å². The van der Waals surface area contributed by atoms with E-state index in [1.165, 1.54) is 18.1 Å². The molecule has 1 N–H and O–H groups in total. The van der Waals surface area contributed by atoms with Crippen LogP contribution in [0.25, 0.3) is 0 Å². The molecule has 0 aliphatic rings. The third-order valence-corrected chi connectivity index (χ3v) is 3.67. The van der Waals surface area contributed by atoms with Gasteiger partial charge < -0.3 is 5.32 Å². The highest BCUT2D eigenvalue weighted by molar-refractivity contribution is 5.97. The number of benzene rings is 2. The van der Waals surface area contributed by atoms with E-state index in [-0.39, 0.29) is 11.7 Å². The lowest BCUT2D eigenvalue weighted by Crippen LogP contribution is -2.30. The fourth-order valence-corrected chi connectivity index (χ4v) is 2.40. The fourth-order valence-electron chi connectivity index (χ4n) is 2.40. The minimum absolute atomic E-state index is 0.0160. The molecule has 0 aliphatic carbocycles. The van der Waals surface area contributed by atoms with Gasteiger partial charge in [0.2, 0.25) is 5.91 Å². The first kappa shape index (κ1) is 16.9. The SMILES string of the molecule is CC(=O)c1cccc(NC(=O)CN(C)Cc2ccccc2C)c1. The molecule has 0 aromatic heterocycles. The molecule has 0 unspecified atom stereocenters. The van der Waals surface area contributed by atoms with Crippen LogP contribution >= 0.6 is 0 Å². The molecule has 0 radical (unpaired) electrons. The number of rotatable bonds is 6. The van der Waals surface area contributed by atoms with Crippen LogP contribution < -0.4 is 5.32 Å². The number of anilines is 1. The highest BCUT2D eigenvalue weighted by Crippen LogP contribution is 2.12. The monoisotopic (exact) mass is 310 g/mol. The van der Waals surface area contributed by atoms with Gasteiger partial charge in [0.05, 0.1) is 6.54 Å². The molecular weight excluding hydrogens is 288 g/mol. The second-order valence-electron chi connectivity index (χ2n) is 5.78. The van der Waals surface area contributed by atoms with Crippen LogP contribution in [0.1, 0.15) is 28.4 Å². The predicted molar refractivity (Wildman–Crippen MR) is 92.6 cm³/mol. The summed E-state index contributed by atoms with van der Waals surface area (Å²) in [5, 5.41) is 2.84. The summed E-state index contributed by atoms with van der Waals surface area (Å²) in [6.07, 6.45) is 0. The van der Waals surface area contributed by atoms with E-state index in [9.17, 15) is 9.59 Å². The van der Waals surface area contributed by atoms with Gasteiger partial charge in [-0.2, -0.15) is 0 Å². The zero-order valence-corrected chi connectivity index (χ0v) is 13.8. The molecule has 2 aromatic carbocycles. The average molecular weight is 310 g/mol. The minimum Gasteiger partial charge on any atom is -0.325 e. The number of nitrogens with one attached hydrogen (secondary N) is 1. The fraction of sp³-hybridized carbons (Fsp3) is 0.263. The number of Topliss-reactive ketones (excluding diaryl/α,β-unsaturated/α-hetero) is 1. The number of carbonyl (C=O) groups excluding carboxylic acids is 2. The molecule has 120 valence electrons. The topological polar surface area (TPSA) is 49.4 Å². The van der Waals surface area contributed by atoms with E-state index < -0.39 is 0 Å². The average Bonchev–Trinajstić information content (AvgIpc) is 2.49. The van der Waals surface area contributed by atoms with E-state index in [0.29, 0.717) is 24.3 Å². The first-order valence-corrected chi connectivity index (χ1v) is 7.59. The maximum Gasteiger partial charge on any atom is 0.238 e. The van der Waals surface area contributed by atoms with Gasteiger partial charge in [0, 0.05) is 17.8 Å². The van der Waals surface area contributed by atoms with Gasteiger partial charge in [-0.1, -0.05) is 36.4 Å². The van der Waals surface area contributed by atoms with Crippen molar-refractivity contribution >= 4 is 17.4 Å². The van der Waals surface area contributed by atoms with Crippen LogP contribution in [0.3, 0.4) is 0 Å². The molecule has 0 heterocycles. The molecule has 0 saturated carbocycles. The Hall–Kier alpha value is -2.46. The van der Waals surface area contributed by atoms with Gasteiger partial charge in [0.1, 0.15) is 0 Å². The quantitative estimate of drug-likeness (QED) is 0.833. The molecular formula is C19H22N2O2. The first-order valence-electron chi connectivity index (χ1n) is 7.59. The van der Waals surface area contributed by atoms with Crippen molar-refractivity contribution in [2.75, 3.05) is 18.9 Å². The normalized spacial score (nSPS) is 10.6. The van der Waals surface area contributed by atoms with Gasteiger partial charge in [-0.05, 0) is 44.2 Å². The Bertz CT molecular complexity index is 710. The Morgan fingerprint density at radius 1 is 1.09 bits per heavy atom. The van der Waals surface area contributed by atoms with Crippen LogP contribution in [0.2, 0.25) is 0 Å². The van der Waals surface area contributed by atoms with E-state index in [1.807, 2.05) is 24.1 Å². The van der Waals surface area contributed by atoms with Crippen molar-refractivity contribution < 1.29 is 9.59 Å². The number of amides is 1. The molecule has 0 saturated heterocycles. The predicted octanol–water partition coefficient (Wildman–Crippen LogP) is 3.27. The number of likely N-dealkylation sites (N-methyl/N-ethyl adjacent to an activating group) is 1. The summed E-state index contributed by atoms with van der Waals surface area (Å²) in [6.45, 7) is 4.58. The van der Waals surface area contributed by atoms with E-state index in [4.69, 9.17) is 0 Å². The van der Waals surface area contributed by atoms with E-state index in [1.54, 1.807) is 24.3 Å². The molecule has 0 spiro atoms. The Labute approximate surface area is 137 Å². The maximum atomic E-state index is 12.1. The number of hydrogen-bond donors (Lipinski definition) is 1. The number of carbonyl (C=O) groups is 2. The van der Waals surface area contributed by atoms with Crippen LogP contribution in [0, 0.1) is 6.92 Å². The van der Waals surface area contributed by atoms with Crippen molar-refractivity contribution in [3.63, 3.8) is 0 Å². The second kappa shape index (κ2) is 7.70. The number of ketones is 1. The third-order valence-electron chi connectivity index (χ3n) is 3.67. The van der Waals surface area contributed by atoms with Gasteiger partial charge in [-0.15, -0.1) is 0 Å². The van der Waals surface area contributed by atoms with Crippen molar-refractivity contribution in [1.29, 1.82) is 0 Å². The van der Waals surface area contributed by atoms with Crippen LogP contribution in [-0.4, -0.2) is 30.2 Å². The van der Waals surface area contributed by atoms with Crippen LogP contribution in [0.15, 0.2) is 48.5 Å².